The molecule has 0 aliphatic carbocycles. The van der Waals surface area contributed by atoms with E-state index in [1.165, 1.54) is 5.56 Å². The van der Waals surface area contributed by atoms with Crippen LogP contribution >= 0.6 is 11.6 Å². The number of hydrogen-bond acceptors (Lipinski definition) is 2. The molecule has 1 heterocycles. The van der Waals surface area contributed by atoms with Crippen LogP contribution in [-0.4, -0.2) is 16.1 Å². The molecule has 0 spiro atoms. The van der Waals surface area contributed by atoms with Crippen LogP contribution in [0.4, 0.5) is 0 Å². The second-order valence-corrected chi connectivity index (χ2v) is 5.17. The zero-order chi connectivity index (χ0) is 13.8. The summed E-state index contributed by atoms with van der Waals surface area (Å²) in [4.78, 5) is 4.34. The van der Waals surface area contributed by atoms with Gasteiger partial charge in [-0.2, -0.15) is 0 Å². The third-order valence-corrected chi connectivity index (χ3v) is 3.65. The van der Waals surface area contributed by atoms with Crippen LogP contribution in [0.5, 0.6) is 0 Å². The van der Waals surface area contributed by atoms with Crippen molar-refractivity contribution in [2.24, 2.45) is 7.05 Å². The Kier molecular flexibility index (Phi) is 4.61. The smallest absolute Gasteiger partial charge is 0.112 e. The Morgan fingerprint density at radius 1 is 1.42 bits per heavy atom. The summed E-state index contributed by atoms with van der Waals surface area (Å²) in [6.45, 7) is 5.16. The Hall–Kier alpha value is -1.32. The van der Waals surface area contributed by atoms with Crippen LogP contribution in [-0.2, 0) is 13.5 Å². The highest BCUT2D eigenvalue weighted by Crippen LogP contribution is 2.24. The summed E-state index contributed by atoms with van der Waals surface area (Å²) in [7, 11) is 2.01. The molecule has 0 saturated heterocycles. The van der Waals surface area contributed by atoms with Gasteiger partial charge in [-0.15, -0.1) is 0 Å². The molecule has 0 bridgehead atoms. The van der Waals surface area contributed by atoms with Crippen molar-refractivity contribution in [3.05, 3.63) is 52.6 Å². The van der Waals surface area contributed by atoms with Crippen molar-refractivity contribution in [2.45, 2.75) is 26.3 Å². The van der Waals surface area contributed by atoms with Crippen molar-refractivity contribution in [3.63, 3.8) is 0 Å². The van der Waals surface area contributed by atoms with Gasteiger partial charge in [0.05, 0.1) is 0 Å². The van der Waals surface area contributed by atoms with Gasteiger partial charge in [0.2, 0.25) is 0 Å². The maximum atomic E-state index is 6.37. The van der Waals surface area contributed by atoms with E-state index in [0.717, 1.165) is 29.4 Å². The van der Waals surface area contributed by atoms with Crippen molar-refractivity contribution in [3.8, 4) is 0 Å². The first kappa shape index (κ1) is 14.1. The lowest BCUT2D eigenvalue weighted by Gasteiger charge is -2.15. The quantitative estimate of drug-likeness (QED) is 0.908. The summed E-state index contributed by atoms with van der Waals surface area (Å²) in [5, 5.41) is 4.20. The van der Waals surface area contributed by atoms with Crippen molar-refractivity contribution in [2.75, 3.05) is 6.54 Å². The van der Waals surface area contributed by atoms with Crippen molar-refractivity contribution in [1.29, 1.82) is 0 Å². The second kappa shape index (κ2) is 6.22. The Labute approximate surface area is 119 Å². The van der Waals surface area contributed by atoms with Crippen molar-refractivity contribution in [1.82, 2.24) is 14.9 Å². The molecule has 0 aliphatic rings. The fraction of sp³-hybridized carbons (Fsp3) is 0.400. The summed E-state index contributed by atoms with van der Waals surface area (Å²) >= 11 is 6.37. The van der Waals surface area contributed by atoms with Crippen molar-refractivity contribution < 1.29 is 0 Å². The average Bonchev–Trinajstić information content (AvgIpc) is 2.75. The summed E-state index contributed by atoms with van der Waals surface area (Å²) in [6.07, 6.45) is 4.58. The number of nitrogens with one attached hydrogen (secondary N) is 1. The van der Waals surface area contributed by atoms with E-state index in [1.807, 2.05) is 30.1 Å². The molecule has 2 aromatic rings. The molecule has 1 unspecified atom stereocenters. The minimum Gasteiger partial charge on any atom is -0.338 e. The molecule has 0 amide bonds. The monoisotopic (exact) mass is 277 g/mol. The van der Waals surface area contributed by atoms with Gasteiger partial charge >= 0.3 is 0 Å². The van der Waals surface area contributed by atoms with Gasteiger partial charge in [-0.1, -0.05) is 30.7 Å². The van der Waals surface area contributed by atoms with Gasteiger partial charge < -0.3 is 9.88 Å². The third-order valence-electron chi connectivity index (χ3n) is 3.32. The fourth-order valence-corrected chi connectivity index (χ4v) is 2.56. The molecular weight excluding hydrogens is 258 g/mol. The lowest BCUT2D eigenvalue weighted by atomic mass is 10.0. The Morgan fingerprint density at radius 2 is 2.21 bits per heavy atom. The van der Waals surface area contributed by atoms with Gasteiger partial charge in [0.25, 0.3) is 0 Å². The van der Waals surface area contributed by atoms with Gasteiger partial charge in [0.15, 0.2) is 0 Å². The van der Waals surface area contributed by atoms with E-state index < -0.39 is 0 Å². The number of hydrogen-bond donors (Lipinski definition) is 1. The Balaban J connectivity index is 2.17. The van der Waals surface area contributed by atoms with E-state index in [2.05, 4.69) is 36.3 Å². The molecule has 2 rings (SSSR count). The van der Waals surface area contributed by atoms with Crippen LogP contribution < -0.4 is 5.32 Å². The first-order chi connectivity index (χ1) is 9.11. The van der Waals surface area contributed by atoms with Gasteiger partial charge in [-0.3, -0.25) is 0 Å². The Bertz CT molecular complexity index is 548. The molecule has 19 heavy (non-hydrogen) atoms. The second-order valence-electron chi connectivity index (χ2n) is 4.77. The first-order valence-corrected chi connectivity index (χ1v) is 6.97. The highest BCUT2D eigenvalue weighted by atomic mass is 35.5. The lowest BCUT2D eigenvalue weighted by molar-refractivity contribution is 0.598. The van der Waals surface area contributed by atoms with E-state index >= 15 is 0 Å². The topological polar surface area (TPSA) is 29.9 Å². The highest BCUT2D eigenvalue weighted by molar-refractivity contribution is 6.31. The fourth-order valence-electron chi connectivity index (χ4n) is 2.20. The van der Waals surface area contributed by atoms with Crippen LogP contribution in [0.1, 0.15) is 36.8 Å². The van der Waals surface area contributed by atoms with Gasteiger partial charge in [0.1, 0.15) is 5.82 Å². The lowest BCUT2D eigenvalue weighted by Crippen LogP contribution is -2.18. The number of halogens is 1. The van der Waals surface area contributed by atoms with Crippen LogP contribution in [0.15, 0.2) is 30.6 Å². The van der Waals surface area contributed by atoms with Crippen LogP contribution in [0.25, 0.3) is 0 Å². The average molecular weight is 278 g/mol. The number of aryl methyl sites for hydroxylation is 1. The number of nitrogens with zero attached hydrogens (tertiary/aromatic N) is 2. The highest BCUT2D eigenvalue weighted by Gasteiger charge is 2.10. The summed E-state index contributed by atoms with van der Waals surface area (Å²) in [5.41, 5.74) is 2.33. The maximum absolute atomic E-state index is 6.37. The van der Waals surface area contributed by atoms with Gasteiger partial charge in [0, 0.05) is 36.9 Å². The largest absolute Gasteiger partial charge is 0.338 e. The predicted molar refractivity (Wildman–Crippen MR) is 79.6 cm³/mol. The SMILES string of the molecule is CCNC(C)c1ccc(Cc2nccn2C)cc1Cl. The van der Waals surface area contributed by atoms with E-state index in [0.29, 0.717) is 0 Å². The Morgan fingerprint density at radius 3 is 2.79 bits per heavy atom. The van der Waals surface area contributed by atoms with Crippen LogP contribution in [0, 0.1) is 0 Å². The standard InChI is InChI=1S/C15H20ClN3/c1-4-17-11(2)13-6-5-12(9-14(13)16)10-15-18-7-8-19(15)3/h5-9,11,17H,4,10H2,1-3H3. The van der Waals surface area contributed by atoms with E-state index in [1.54, 1.807) is 0 Å². The normalized spacial score (nSPS) is 12.6. The van der Waals surface area contributed by atoms with Crippen LogP contribution in [0.3, 0.4) is 0 Å². The number of imidazole rings is 1. The van der Waals surface area contributed by atoms with Crippen LogP contribution in [0.2, 0.25) is 5.02 Å². The summed E-state index contributed by atoms with van der Waals surface area (Å²) in [6, 6.07) is 6.55. The summed E-state index contributed by atoms with van der Waals surface area (Å²) in [5.74, 6) is 1.04. The molecule has 0 fully saturated rings. The molecular formula is C15H20ClN3. The molecule has 0 aliphatic heterocycles. The molecule has 1 aromatic heterocycles. The van der Waals surface area contributed by atoms with Crippen molar-refractivity contribution >= 4 is 11.6 Å². The van der Waals surface area contributed by atoms with Gasteiger partial charge in [-0.25, -0.2) is 4.98 Å². The van der Waals surface area contributed by atoms with Gasteiger partial charge in [-0.05, 0) is 30.7 Å². The molecule has 1 atom stereocenters. The third kappa shape index (κ3) is 3.37. The molecule has 0 saturated carbocycles. The zero-order valence-electron chi connectivity index (χ0n) is 11.7. The predicted octanol–water partition coefficient (Wildman–Crippen LogP) is 3.33. The minimum absolute atomic E-state index is 0.278. The van der Waals surface area contributed by atoms with E-state index in [-0.39, 0.29) is 6.04 Å². The molecule has 0 radical (unpaired) electrons. The van der Waals surface area contributed by atoms with E-state index in [4.69, 9.17) is 11.6 Å². The number of benzene rings is 1. The molecule has 4 heteroatoms. The van der Waals surface area contributed by atoms with E-state index in [9.17, 15) is 0 Å². The molecule has 1 aromatic carbocycles. The zero-order valence-corrected chi connectivity index (χ0v) is 12.4. The molecule has 1 N–H and O–H groups in total. The molecule has 3 nitrogen and oxygen atoms in total. The molecule has 102 valence electrons. The number of aromatic nitrogens is 2. The first-order valence-electron chi connectivity index (χ1n) is 6.59. The number of rotatable bonds is 5. The maximum Gasteiger partial charge on any atom is 0.112 e. The minimum atomic E-state index is 0.278. The summed E-state index contributed by atoms with van der Waals surface area (Å²) < 4.78 is 2.03.